The first-order chi connectivity index (χ1) is 2.94. The zero-order chi connectivity index (χ0) is 6.08. The quantitative estimate of drug-likeness (QED) is 0.451. The molecule has 0 aromatic heterocycles. The molecule has 0 radical (unpaired) electrons. The molecule has 0 fully saturated rings. The van der Waals surface area contributed by atoms with Gasteiger partial charge in [0, 0.05) is 5.54 Å². The molecule has 0 amide bonds. The number of hydrogen-bond acceptors (Lipinski definition) is 1. The van der Waals surface area contributed by atoms with Gasteiger partial charge in [-0.25, -0.2) is 0 Å². The minimum absolute atomic E-state index is 0.333. The molecule has 0 unspecified atom stereocenters. The van der Waals surface area contributed by atoms with Gasteiger partial charge >= 0.3 is 0 Å². The summed E-state index contributed by atoms with van der Waals surface area (Å²) in [5.41, 5.74) is 0.354. The Kier molecular flexibility index (Phi) is 0.428. The topological polar surface area (TPSA) is 26.0 Å². The Morgan fingerprint density at radius 1 is 1.60 bits per heavy atom. The van der Waals surface area contributed by atoms with Crippen molar-refractivity contribution in [2.75, 3.05) is 0 Å². The number of rotatable bonds is 0. The molecule has 5 heavy (non-hydrogen) atoms. The molecule has 0 atom stereocenters. The van der Waals surface area contributed by atoms with Crippen LogP contribution in [0.4, 0.5) is 0 Å². The van der Waals surface area contributed by atoms with Crippen LogP contribution in [0, 0.1) is 0 Å². The van der Waals surface area contributed by atoms with Crippen molar-refractivity contribution in [1.82, 2.24) is 0 Å². The van der Waals surface area contributed by atoms with Gasteiger partial charge in [0.1, 0.15) is 2.82 Å². The van der Waals surface area contributed by atoms with Crippen molar-refractivity contribution in [1.29, 1.82) is 0 Å². The lowest BCUT2D eigenvalue weighted by Crippen LogP contribution is -2.26. The second-order valence-corrected chi connectivity index (χ2v) is 2.17. The molecule has 1 nitrogen and oxygen atoms in total. The van der Waals surface area contributed by atoms with E-state index < -0.39 is 0 Å². The van der Waals surface area contributed by atoms with Crippen molar-refractivity contribution in [3.05, 3.63) is 0 Å². The van der Waals surface area contributed by atoms with Crippen molar-refractivity contribution in [2.45, 2.75) is 26.3 Å². The van der Waals surface area contributed by atoms with Crippen LogP contribution in [0.1, 0.15) is 20.8 Å². The van der Waals surface area contributed by atoms with Gasteiger partial charge in [-0.15, -0.1) is 0 Å². The third-order valence-electron chi connectivity index (χ3n) is 0. The molecule has 0 heterocycles. The van der Waals surface area contributed by atoms with Gasteiger partial charge in [-0.2, -0.15) is 0 Å². The maximum absolute atomic E-state index is 6.73. The third kappa shape index (κ3) is 9510. The second-order valence-electron chi connectivity index (χ2n) is 2.17. The Balaban J connectivity index is 3.54. The van der Waals surface area contributed by atoms with E-state index in [1.54, 1.807) is 0 Å². The maximum Gasteiger partial charge on any atom is 0.119 e. The van der Waals surface area contributed by atoms with E-state index in [9.17, 15) is 0 Å². The molecule has 0 aliphatic carbocycles. The lowest BCUT2D eigenvalue weighted by atomic mass is 10.1. The monoisotopic (exact) mass is 75.1 g/mol. The molecular weight excluding hydrogens is 62.1 g/mol. The summed E-state index contributed by atoms with van der Waals surface area (Å²) in [5.74, 6) is 0. The molecule has 0 bridgehead atoms. The average Bonchev–Trinajstić information content (AvgIpc) is 1.31. The van der Waals surface area contributed by atoms with Crippen LogP contribution in [0.3, 0.4) is 0 Å². The van der Waals surface area contributed by atoms with E-state index in [2.05, 4.69) is 0 Å². The van der Waals surface area contributed by atoms with Crippen LogP contribution in [0.25, 0.3) is 0 Å². The predicted molar refractivity (Wildman–Crippen MR) is 23.9 cm³/mol. The molecule has 32 valence electrons. The smallest absolute Gasteiger partial charge is 0.119 e. The molecule has 0 saturated carbocycles. The van der Waals surface area contributed by atoms with Gasteiger partial charge in [0.2, 0.25) is 0 Å². The highest BCUT2D eigenvalue weighted by atomic mass is 14.7. The van der Waals surface area contributed by atoms with Gasteiger partial charge in [0.25, 0.3) is 0 Å². The molecule has 0 saturated heterocycles. The Hall–Kier alpha value is -0.0400. The first kappa shape index (κ1) is 2.19. The van der Waals surface area contributed by atoms with Crippen LogP contribution < -0.4 is 5.72 Å². The fourth-order valence-corrected chi connectivity index (χ4v) is 0. The van der Waals surface area contributed by atoms with E-state index in [1.165, 1.54) is 0 Å². The highest BCUT2D eigenvalue weighted by molar-refractivity contribution is 4.60. The molecule has 0 aliphatic rings. The minimum atomic E-state index is -0.333. The summed E-state index contributed by atoms with van der Waals surface area (Å²) in [7, 11) is 0. The fraction of sp³-hybridized carbons (Fsp3) is 1.00. The molecule has 2 N–H and O–H groups in total. The molecule has 0 aliphatic heterocycles. The molecule has 0 spiro atoms. The molecular formula is C4H11N. The van der Waals surface area contributed by atoms with Crippen LogP contribution in [0.15, 0.2) is 0 Å². The molecule has 0 aromatic carbocycles. The van der Waals surface area contributed by atoms with Gasteiger partial charge in [-0.3, -0.25) is 0 Å². The Bertz CT molecular complexity index is 55.2. The zero-order valence-electron chi connectivity index (χ0n) is 5.95. The lowest BCUT2D eigenvalue weighted by molar-refractivity contribution is 0.580. The van der Waals surface area contributed by atoms with Crippen molar-refractivity contribution in [3.63, 3.8) is 0 Å². The Morgan fingerprint density at radius 2 is 1.80 bits per heavy atom. The Labute approximate surface area is 36.1 Å². The van der Waals surface area contributed by atoms with Gasteiger partial charge in [-0.05, 0) is 20.8 Å². The van der Waals surface area contributed by atoms with Crippen molar-refractivity contribution in [3.8, 4) is 0 Å². The molecule has 1 heteroatoms. The van der Waals surface area contributed by atoms with E-state index >= 15 is 0 Å². The van der Waals surface area contributed by atoms with Crippen LogP contribution in [-0.4, -0.2) is 5.54 Å². The molecule has 0 rings (SSSR count). The first-order valence-corrected chi connectivity index (χ1v) is 1.72. The summed E-state index contributed by atoms with van der Waals surface area (Å²) >= 11 is 0. The van der Waals surface area contributed by atoms with Crippen LogP contribution in [0.2, 0.25) is 2.82 Å². The standard InChI is InChI=1S/C4H11N/c1-4(2,3)5/h5H2,1-3H3/i/hD2. The summed E-state index contributed by atoms with van der Waals surface area (Å²) in [6, 6.07) is 0. The van der Waals surface area contributed by atoms with E-state index in [1.807, 2.05) is 20.8 Å². The minimum Gasteiger partial charge on any atom is -0.326 e. The van der Waals surface area contributed by atoms with Crippen LogP contribution >= 0.6 is 0 Å². The zero-order valence-corrected chi connectivity index (χ0v) is 3.95. The summed E-state index contributed by atoms with van der Waals surface area (Å²) in [6.45, 7) is 5.44. The van der Waals surface area contributed by atoms with Crippen LogP contribution in [-0.2, 0) is 0 Å². The van der Waals surface area contributed by atoms with Gasteiger partial charge in [0.15, 0.2) is 0 Å². The van der Waals surface area contributed by atoms with Crippen molar-refractivity contribution < 1.29 is 2.82 Å². The lowest BCUT2D eigenvalue weighted by Gasteiger charge is -2.06. The SMILES string of the molecule is [2H]N([2H])C(C)(C)C. The summed E-state index contributed by atoms with van der Waals surface area (Å²) in [6.07, 6.45) is 0. The second kappa shape index (κ2) is 0.977. The summed E-state index contributed by atoms with van der Waals surface area (Å²) < 4.78 is 13.5. The largest absolute Gasteiger partial charge is 0.326 e. The Morgan fingerprint density at radius 3 is 1.80 bits per heavy atom. The fourth-order valence-electron chi connectivity index (χ4n) is 0. The van der Waals surface area contributed by atoms with Crippen molar-refractivity contribution in [2.24, 2.45) is 5.72 Å². The number of hydrogen-bond donors (Lipinski definition) is 1. The number of nitrogens with two attached hydrogens (primary N) is 1. The highest BCUT2D eigenvalue weighted by Gasteiger charge is 1.95. The van der Waals surface area contributed by atoms with E-state index in [4.69, 9.17) is 2.82 Å². The molecule has 0 aromatic rings. The van der Waals surface area contributed by atoms with E-state index in [0.717, 1.165) is 0 Å². The highest BCUT2D eigenvalue weighted by Crippen LogP contribution is 1.88. The third-order valence-corrected chi connectivity index (χ3v) is 0. The predicted octanol–water partition coefficient (Wildman–Crippen LogP) is 0.744. The normalized spacial score (nSPS) is 18.4. The van der Waals surface area contributed by atoms with Gasteiger partial charge in [-0.1, -0.05) is 0 Å². The van der Waals surface area contributed by atoms with E-state index in [0.29, 0.717) is 5.72 Å². The van der Waals surface area contributed by atoms with Gasteiger partial charge in [0.05, 0.1) is 0 Å². The van der Waals surface area contributed by atoms with Crippen LogP contribution in [0.5, 0.6) is 0 Å². The van der Waals surface area contributed by atoms with Crippen molar-refractivity contribution >= 4 is 0 Å². The van der Waals surface area contributed by atoms with Gasteiger partial charge < -0.3 is 5.72 Å². The first-order valence-electron chi connectivity index (χ1n) is 2.62. The van der Waals surface area contributed by atoms with E-state index in [-0.39, 0.29) is 5.54 Å². The maximum atomic E-state index is 6.73. The summed E-state index contributed by atoms with van der Waals surface area (Å²) in [4.78, 5) is 0. The summed E-state index contributed by atoms with van der Waals surface area (Å²) in [5, 5.41) is 0. The average molecular weight is 75.2 g/mol.